The number of carbonyl (C=O) groups excluding carboxylic acids is 1. The van der Waals surface area contributed by atoms with Crippen LogP contribution in [0.2, 0.25) is 10.0 Å². The lowest BCUT2D eigenvalue weighted by atomic mass is 10.0. The zero-order valence-corrected chi connectivity index (χ0v) is 17.8. The Bertz CT molecular complexity index is 951. The molecule has 2 rings (SSSR count). The van der Waals surface area contributed by atoms with Crippen molar-refractivity contribution in [2.75, 3.05) is 4.31 Å². The van der Waals surface area contributed by atoms with Crippen LogP contribution in [0.15, 0.2) is 35.2 Å². The van der Waals surface area contributed by atoms with Crippen molar-refractivity contribution in [3.8, 4) is 0 Å². The molecule has 0 N–H and O–H groups in total. The minimum absolute atomic E-state index is 0.0102. The molecule has 140 valence electrons. The highest BCUT2D eigenvalue weighted by molar-refractivity contribution is 7.93. The highest BCUT2D eigenvalue weighted by Gasteiger charge is 2.36. The van der Waals surface area contributed by atoms with E-state index in [1.54, 1.807) is 13.8 Å². The van der Waals surface area contributed by atoms with Crippen LogP contribution in [0.1, 0.15) is 23.6 Å². The fourth-order valence-electron chi connectivity index (χ4n) is 2.92. The van der Waals surface area contributed by atoms with Crippen molar-refractivity contribution in [3.05, 3.63) is 57.1 Å². The first-order valence-electron chi connectivity index (χ1n) is 7.73. The average Bonchev–Trinajstić information content (AvgIpc) is 2.51. The van der Waals surface area contributed by atoms with Crippen molar-refractivity contribution in [2.45, 2.75) is 38.6 Å². The molecule has 8 heteroatoms. The number of rotatable bonds is 5. The summed E-state index contributed by atoms with van der Waals surface area (Å²) >= 11 is 17.8. The summed E-state index contributed by atoms with van der Waals surface area (Å²) in [5.74, 6) is 0. The molecule has 0 aromatic heterocycles. The van der Waals surface area contributed by atoms with E-state index in [1.807, 2.05) is 19.1 Å². The van der Waals surface area contributed by atoms with Gasteiger partial charge in [-0.2, -0.15) is 0 Å². The number of benzene rings is 2. The molecule has 0 fully saturated rings. The average molecular weight is 435 g/mol. The van der Waals surface area contributed by atoms with Gasteiger partial charge < -0.3 is 0 Å². The molecule has 0 bridgehead atoms. The predicted octanol–water partition coefficient (Wildman–Crippen LogP) is 5.27. The summed E-state index contributed by atoms with van der Waals surface area (Å²) < 4.78 is 27.8. The van der Waals surface area contributed by atoms with E-state index >= 15 is 0 Å². The molecule has 0 saturated carbocycles. The number of sulfonamides is 1. The van der Waals surface area contributed by atoms with Gasteiger partial charge in [0.2, 0.25) is 5.24 Å². The molecule has 0 radical (unpaired) electrons. The normalized spacial score (nSPS) is 12.7. The largest absolute Gasteiger partial charge is 0.279 e. The summed E-state index contributed by atoms with van der Waals surface area (Å²) in [5.41, 5.74) is 2.78. The van der Waals surface area contributed by atoms with Gasteiger partial charge in [-0.05, 0) is 68.6 Å². The highest BCUT2D eigenvalue weighted by Crippen LogP contribution is 2.36. The van der Waals surface area contributed by atoms with Crippen LogP contribution in [0.5, 0.6) is 0 Å². The Labute approximate surface area is 168 Å². The molecule has 0 amide bonds. The minimum atomic E-state index is -4.20. The minimum Gasteiger partial charge on any atom is -0.279 e. The Morgan fingerprint density at radius 1 is 1.04 bits per heavy atom. The Morgan fingerprint density at radius 3 is 2.08 bits per heavy atom. The summed E-state index contributed by atoms with van der Waals surface area (Å²) in [6, 6.07) is 6.71. The van der Waals surface area contributed by atoms with Gasteiger partial charge in [-0.1, -0.05) is 40.9 Å². The molecule has 0 aliphatic heterocycles. The zero-order chi connectivity index (χ0) is 19.8. The van der Waals surface area contributed by atoms with Crippen molar-refractivity contribution < 1.29 is 13.2 Å². The van der Waals surface area contributed by atoms with Crippen LogP contribution in [-0.4, -0.2) is 19.7 Å². The molecule has 0 spiro atoms. The van der Waals surface area contributed by atoms with Crippen molar-refractivity contribution in [1.82, 2.24) is 0 Å². The van der Waals surface area contributed by atoms with Crippen molar-refractivity contribution >= 4 is 55.8 Å². The molecule has 0 heterocycles. The van der Waals surface area contributed by atoms with Crippen LogP contribution >= 0.6 is 34.8 Å². The van der Waals surface area contributed by atoms with E-state index in [4.69, 9.17) is 34.8 Å². The maximum atomic E-state index is 13.4. The Morgan fingerprint density at radius 2 is 1.58 bits per heavy atom. The van der Waals surface area contributed by atoms with Gasteiger partial charge in [0.05, 0.1) is 10.7 Å². The van der Waals surface area contributed by atoms with Crippen molar-refractivity contribution in [2.24, 2.45) is 0 Å². The SMILES string of the molecule is Cc1cc(C)c(N(C(C)C(=O)Cl)S(=O)(=O)c2cc(Cl)ccc2Cl)c(C)c1. The van der Waals surface area contributed by atoms with Gasteiger partial charge in [-0.15, -0.1) is 0 Å². The van der Waals surface area contributed by atoms with E-state index in [9.17, 15) is 13.2 Å². The monoisotopic (exact) mass is 433 g/mol. The molecule has 0 saturated heterocycles. The second kappa shape index (κ2) is 7.77. The second-order valence-electron chi connectivity index (χ2n) is 6.10. The standard InChI is InChI=1S/C18H18Cl3NO3S/c1-10-7-11(2)17(12(3)8-10)22(13(4)18(21)23)26(24,25)16-9-14(19)5-6-15(16)20/h5-9,13H,1-4H3. The third-order valence-corrected chi connectivity index (χ3v) is 6.87. The molecule has 1 unspecified atom stereocenters. The smallest absolute Gasteiger partial charge is 0.266 e. The van der Waals surface area contributed by atoms with Crippen molar-refractivity contribution in [1.29, 1.82) is 0 Å². The molecule has 4 nitrogen and oxygen atoms in total. The summed E-state index contributed by atoms with van der Waals surface area (Å²) in [6.45, 7) is 6.91. The van der Waals surface area contributed by atoms with E-state index in [0.29, 0.717) is 16.8 Å². The number of carbonyl (C=O) groups is 1. The van der Waals surface area contributed by atoms with E-state index in [1.165, 1.54) is 25.1 Å². The molecule has 2 aromatic carbocycles. The van der Waals surface area contributed by atoms with Gasteiger partial charge in [-0.25, -0.2) is 8.42 Å². The van der Waals surface area contributed by atoms with Crippen LogP contribution in [0.3, 0.4) is 0 Å². The van der Waals surface area contributed by atoms with Crippen molar-refractivity contribution in [3.63, 3.8) is 0 Å². The van der Waals surface area contributed by atoms with E-state index in [2.05, 4.69) is 0 Å². The lowest BCUT2D eigenvalue weighted by Crippen LogP contribution is -2.43. The molecule has 2 aromatic rings. The van der Waals surface area contributed by atoms with E-state index < -0.39 is 21.3 Å². The van der Waals surface area contributed by atoms with Gasteiger partial charge in [-0.3, -0.25) is 9.10 Å². The summed E-state index contributed by atoms with van der Waals surface area (Å²) in [4.78, 5) is 11.7. The first-order chi connectivity index (χ1) is 12.0. The third-order valence-electron chi connectivity index (χ3n) is 3.97. The maximum absolute atomic E-state index is 13.4. The fourth-order valence-corrected chi connectivity index (χ4v) is 5.56. The Kier molecular flexibility index (Phi) is 6.28. The lowest BCUT2D eigenvalue weighted by molar-refractivity contribution is -0.112. The predicted molar refractivity (Wildman–Crippen MR) is 107 cm³/mol. The third kappa shape index (κ3) is 4.01. The van der Waals surface area contributed by atoms with Gasteiger partial charge in [0.25, 0.3) is 10.0 Å². The van der Waals surface area contributed by atoms with Crippen LogP contribution < -0.4 is 4.31 Å². The van der Waals surface area contributed by atoms with E-state index in [0.717, 1.165) is 9.87 Å². The van der Waals surface area contributed by atoms with E-state index in [-0.39, 0.29) is 14.9 Å². The quantitative estimate of drug-likeness (QED) is 0.602. The first kappa shape index (κ1) is 21.0. The summed E-state index contributed by atoms with van der Waals surface area (Å²) in [5, 5.41) is -0.572. The number of hydrogen-bond donors (Lipinski definition) is 0. The molecular weight excluding hydrogens is 417 g/mol. The van der Waals surface area contributed by atoms with Crippen LogP contribution in [0, 0.1) is 20.8 Å². The van der Waals surface area contributed by atoms with Crippen LogP contribution in [0.4, 0.5) is 5.69 Å². The number of nitrogens with zero attached hydrogens (tertiary/aromatic N) is 1. The first-order valence-corrected chi connectivity index (χ1v) is 10.3. The fraction of sp³-hybridized carbons (Fsp3) is 0.278. The maximum Gasteiger partial charge on any atom is 0.266 e. The number of aryl methyl sites for hydroxylation is 3. The van der Waals surface area contributed by atoms with Gasteiger partial charge in [0, 0.05) is 5.02 Å². The van der Waals surface area contributed by atoms with Gasteiger partial charge >= 0.3 is 0 Å². The molecule has 0 aliphatic carbocycles. The number of anilines is 1. The second-order valence-corrected chi connectivity index (χ2v) is 9.10. The zero-order valence-electron chi connectivity index (χ0n) is 14.7. The van der Waals surface area contributed by atoms with Gasteiger partial charge in [0.1, 0.15) is 10.9 Å². The van der Waals surface area contributed by atoms with Crippen LogP contribution in [0.25, 0.3) is 0 Å². The van der Waals surface area contributed by atoms with Gasteiger partial charge in [0.15, 0.2) is 0 Å². The Balaban J connectivity index is 2.82. The number of hydrogen-bond acceptors (Lipinski definition) is 3. The molecule has 26 heavy (non-hydrogen) atoms. The molecule has 0 aliphatic rings. The topological polar surface area (TPSA) is 54.5 Å². The highest BCUT2D eigenvalue weighted by atomic mass is 35.5. The lowest BCUT2D eigenvalue weighted by Gasteiger charge is -2.31. The summed E-state index contributed by atoms with van der Waals surface area (Å²) in [7, 11) is -4.20. The summed E-state index contributed by atoms with van der Waals surface area (Å²) in [6.07, 6.45) is 0. The Hall–Kier alpha value is -1.27. The molecular formula is C18H18Cl3NO3S. The number of halogens is 3. The molecule has 1 atom stereocenters. The van der Waals surface area contributed by atoms with Crippen LogP contribution in [-0.2, 0) is 14.8 Å².